The summed E-state index contributed by atoms with van der Waals surface area (Å²) < 4.78 is 22.9. The summed E-state index contributed by atoms with van der Waals surface area (Å²) >= 11 is 12.1. The lowest BCUT2D eigenvalue weighted by Crippen LogP contribution is -2.30. The highest BCUT2D eigenvalue weighted by Gasteiger charge is 2.30. The van der Waals surface area contributed by atoms with Crippen LogP contribution in [0.1, 0.15) is 24.4 Å². The van der Waals surface area contributed by atoms with Gasteiger partial charge < -0.3 is 0 Å². The van der Waals surface area contributed by atoms with Gasteiger partial charge in [-0.05, 0) is 42.5 Å². The molecule has 1 aliphatic rings. The monoisotopic (exact) mass is 322 g/mol. The fourth-order valence-corrected chi connectivity index (χ4v) is 4.77. The largest absolute Gasteiger partial charge is 0.271 e. The summed E-state index contributed by atoms with van der Waals surface area (Å²) in [5, 5.41) is 1.16. The minimum atomic E-state index is -2.88. The van der Waals surface area contributed by atoms with E-state index < -0.39 is 9.84 Å². The summed E-state index contributed by atoms with van der Waals surface area (Å²) in [5.74, 6) is 6.17. The van der Waals surface area contributed by atoms with E-state index in [0.717, 1.165) is 5.56 Å². The molecule has 0 spiro atoms. The van der Waals surface area contributed by atoms with Crippen LogP contribution in [-0.4, -0.2) is 19.9 Å². The minimum absolute atomic E-state index is 0.112. The summed E-state index contributed by atoms with van der Waals surface area (Å²) in [4.78, 5) is 0. The molecule has 0 radical (unpaired) electrons. The number of hydrogen-bond donors (Lipinski definition) is 2. The molecule has 106 valence electrons. The minimum Gasteiger partial charge on any atom is -0.271 e. The molecule has 0 saturated carbocycles. The average Bonchev–Trinajstić information content (AvgIpc) is 2.69. The maximum absolute atomic E-state index is 11.5. The molecule has 1 saturated heterocycles. The van der Waals surface area contributed by atoms with Crippen LogP contribution in [0.25, 0.3) is 0 Å². The highest BCUT2D eigenvalue weighted by Crippen LogP contribution is 2.33. The van der Waals surface area contributed by atoms with Crippen molar-refractivity contribution in [1.82, 2.24) is 5.43 Å². The van der Waals surface area contributed by atoms with Gasteiger partial charge in [0.25, 0.3) is 0 Å². The molecule has 0 aromatic heterocycles. The Morgan fingerprint density at radius 3 is 2.74 bits per heavy atom. The maximum atomic E-state index is 11.5. The fraction of sp³-hybridized carbons (Fsp3) is 0.500. The van der Waals surface area contributed by atoms with Gasteiger partial charge in [0.05, 0.1) is 11.5 Å². The molecule has 2 unspecified atom stereocenters. The summed E-state index contributed by atoms with van der Waals surface area (Å²) in [6, 6.07) is 5.00. The van der Waals surface area contributed by atoms with Gasteiger partial charge in [0.15, 0.2) is 9.84 Å². The maximum Gasteiger partial charge on any atom is 0.150 e. The van der Waals surface area contributed by atoms with Gasteiger partial charge in [0.2, 0.25) is 0 Å². The van der Waals surface area contributed by atoms with Crippen molar-refractivity contribution >= 4 is 33.0 Å². The van der Waals surface area contributed by atoms with Gasteiger partial charge in [0, 0.05) is 16.1 Å². The van der Waals surface area contributed by atoms with Crippen molar-refractivity contribution < 1.29 is 8.42 Å². The molecule has 1 aliphatic heterocycles. The van der Waals surface area contributed by atoms with Crippen LogP contribution in [0.2, 0.25) is 10.0 Å². The number of benzene rings is 1. The first-order valence-electron chi connectivity index (χ1n) is 6.03. The van der Waals surface area contributed by atoms with Gasteiger partial charge >= 0.3 is 0 Å². The van der Waals surface area contributed by atoms with Crippen molar-refractivity contribution in [3.05, 3.63) is 33.8 Å². The predicted octanol–water partition coefficient (Wildman–Crippen LogP) is 2.32. The van der Waals surface area contributed by atoms with Crippen molar-refractivity contribution in [2.24, 2.45) is 11.8 Å². The summed E-state index contributed by atoms with van der Waals surface area (Å²) in [7, 11) is -2.88. The fourth-order valence-electron chi connectivity index (χ4n) is 2.46. The third-order valence-electron chi connectivity index (χ3n) is 3.43. The van der Waals surface area contributed by atoms with Crippen LogP contribution < -0.4 is 11.3 Å². The molecular formula is C12H16Cl2N2O2S. The van der Waals surface area contributed by atoms with Gasteiger partial charge in [-0.25, -0.2) is 8.42 Å². The third-order valence-corrected chi connectivity index (χ3v) is 5.85. The second-order valence-electron chi connectivity index (χ2n) is 4.89. The normalized spacial score (nSPS) is 23.4. The molecule has 0 bridgehead atoms. The Bertz CT molecular complexity index is 563. The average molecular weight is 323 g/mol. The van der Waals surface area contributed by atoms with Crippen LogP contribution in [0.15, 0.2) is 18.2 Å². The summed E-state index contributed by atoms with van der Waals surface area (Å²) in [6.45, 7) is 0. The molecule has 4 nitrogen and oxygen atoms in total. The summed E-state index contributed by atoms with van der Waals surface area (Å²) in [6.07, 6.45) is 1.31. The standard InChI is InChI=1S/C12H16Cl2N2O2S/c13-9-1-2-11(14)10(6-9)12(16-15)5-8-3-4-19(17,18)7-8/h1-2,6,8,12,16H,3-5,7,15H2. The van der Waals surface area contributed by atoms with Crippen LogP contribution >= 0.6 is 23.2 Å². The van der Waals surface area contributed by atoms with E-state index in [2.05, 4.69) is 5.43 Å². The molecule has 3 N–H and O–H groups in total. The number of hydrogen-bond acceptors (Lipinski definition) is 4. The SMILES string of the molecule is NNC(CC1CCS(=O)(=O)C1)c1cc(Cl)ccc1Cl. The lowest BCUT2D eigenvalue weighted by Gasteiger charge is -2.20. The van der Waals surface area contributed by atoms with E-state index in [1.54, 1.807) is 18.2 Å². The highest BCUT2D eigenvalue weighted by atomic mass is 35.5. The lowest BCUT2D eigenvalue weighted by molar-refractivity contribution is 0.421. The topological polar surface area (TPSA) is 72.2 Å². The molecule has 19 heavy (non-hydrogen) atoms. The van der Waals surface area contributed by atoms with E-state index >= 15 is 0 Å². The highest BCUT2D eigenvalue weighted by molar-refractivity contribution is 7.91. The van der Waals surface area contributed by atoms with Crippen molar-refractivity contribution in [2.45, 2.75) is 18.9 Å². The number of rotatable bonds is 4. The first kappa shape index (κ1) is 15.1. The lowest BCUT2D eigenvalue weighted by atomic mass is 9.94. The zero-order valence-corrected chi connectivity index (χ0v) is 12.6. The van der Waals surface area contributed by atoms with Crippen LogP contribution in [0.3, 0.4) is 0 Å². The van der Waals surface area contributed by atoms with Gasteiger partial charge in [-0.3, -0.25) is 11.3 Å². The van der Waals surface area contributed by atoms with Crippen molar-refractivity contribution in [3.63, 3.8) is 0 Å². The molecular weight excluding hydrogens is 307 g/mol. The van der Waals surface area contributed by atoms with Crippen molar-refractivity contribution in [3.8, 4) is 0 Å². The molecule has 0 amide bonds. The molecule has 1 aromatic carbocycles. The smallest absolute Gasteiger partial charge is 0.150 e. The zero-order chi connectivity index (χ0) is 14.0. The van der Waals surface area contributed by atoms with E-state index in [1.807, 2.05) is 0 Å². The second kappa shape index (κ2) is 5.97. The second-order valence-corrected chi connectivity index (χ2v) is 7.96. The molecule has 7 heteroatoms. The van der Waals surface area contributed by atoms with E-state index in [9.17, 15) is 8.42 Å². The van der Waals surface area contributed by atoms with E-state index in [1.165, 1.54) is 0 Å². The number of nitrogens with two attached hydrogens (primary N) is 1. The van der Waals surface area contributed by atoms with Gasteiger partial charge in [-0.1, -0.05) is 23.2 Å². The number of halogens is 2. The molecule has 0 aliphatic carbocycles. The number of sulfone groups is 1. The van der Waals surface area contributed by atoms with Crippen LogP contribution in [-0.2, 0) is 9.84 Å². The van der Waals surface area contributed by atoms with Crippen LogP contribution in [0.5, 0.6) is 0 Å². The molecule has 1 heterocycles. The number of nitrogens with one attached hydrogen (secondary N) is 1. The van der Waals surface area contributed by atoms with Gasteiger partial charge in [0.1, 0.15) is 0 Å². The Kier molecular flexibility index (Phi) is 4.74. The molecule has 1 aromatic rings. The van der Waals surface area contributed by atoms with Crippen LogP contribution in [0.4, 0.5) is 0 Å². The van der Waals surface area contributed by atoms with Crippen molar-refractivity contribution in [2.75, 3.05) is 11.5 Å². The summed E-state index contributed by atoms with van der Waals surface area (Å²) in [5.41, 5.74) is 3.51. The van der Waals surface area contributed by atoms with E-state index in [0.29, 0.717) is 22.9 Å². The molecule has 1 fully saturated rings. The predicted molar refractivity (Wildman–Crippen MR) is 77.9 cm³/mol. The van der Waals surface area contributed by atoms with Gasteiger partial charge in [-0.15, -0.1) is 0 Å². The van der Waals surface area contributed by atoms with E-state index in [4.69, 9.17) is 29.0 Å². The Hall–Kier alpha value is -0.330. The first-order valence-corrected chi connectivity index (χ1v) is 8.60. The van der Waals surface area contributed by atoms with Crippen molar-refractivity contribution in [1.29, 1.82) is 0 Å². The Morgan fingerprint density at radius 2 is 2.16 bits per heavy atom. The zero-order valence-electron chi connectivity index (χ0n) is 10.3. The Labute approximate surface area is 123 Å². The quantitative estimate of drug-likeness (QED) is 0.659. The van der Waals surface area contributed by atoms with Crippen LogP contribution in [0, 0.1) is 5.92 Å². The van der Waals surface area contributed by atoms with Gasteiger partial charge in [-0.2, -0.15) is 0 Å². The Balaban J connectivity index is 2.14. The molecule has 2 rings (SSSR count). The number of hydrazine groups is 1. The molecule has 2 atom stereocenters. The van der Waals surface area contributed by atoms with E-state index in [-0.39, 0.29) is 23.5 Å². The third kappa shape index (κ3) is 3.83. The first-order chi connectivity index (χ1) is 8.91. The Morgan fingerprint density at radius 1 is 1.42 bits per heavy atom.